The van der Waals surface area contributed by atoms with Crippen molar-refractivity contribution in [3.8, 4) is 0 Å². The molecule has 0 fully saturated rings. The van der Waals surface area contributed by atoms with Crippen molar-refractivity contribution in [1.82, 2.24) is 15.2 Å². The second-order valence-electron chi connectivity index (χ2n) is 5.64. The Labute approximate surface area is 155 Å². The van der Waals surface area contributed by atoms with Crippen molar-refractivity contribution in [3.63, 3.8) is 0 Å². The van der Waals surface area contributed by atoms with E-state index >= 15 is 0 Å². The van der Waals surface area contributed by atoms with E-state index in [1.807, 2.05) is 0 Å². The summed E-state index contributed by atoms with van der Waals surface area (Å²) in [6, 6.07) is 4.98. The molecule has 1 aromatic rings. The molecule has 0 unspecified atom stereocenters. The number of halogens is 2. The number of carbonyl (C=O) groups is 1. The van der Waals surface area contributed by atoms with Crippen LogP contribution in [0, 0.1) is 0 Å². The molecule has 25 heavy (non-hydrogen) atoms. The third-order valence-corrected chi connectivity index (χ3v) is 4.84. The molecule has 0 atom stereocenters. The standard InChI is InChI=1S/C16H18Cl2N6O/c17-11-3-1-2-10(15(11)18)16(25)23-7-4-13(12(19)9-23)24(20)14-8-21-5-6-22-14/h1-3,6,8,21H,4-5,7,9,19-20H2. The second-order valence-corrected chi connectivity index (χ2v) is 6.43. The normalized spacial score (nSPS) is 17.2. The van der Waals surface area contributed by atoms with Crippen molar-refractivity contribution in [1.29, 1.82) is 0 Å². The predicted molar refractivity (Wildman–Crippen MR) is 98.8 cm³/mol. The van der Waals surface area contributed by atoms with Crippen LogP contribution in [-0.2, 0) is 0 Å². The van der Waals surface area contributed by atoms with Crippen LogP contribution in [0.25, 0.3) is 0 Å². The van der Waals surface area contributed by atoms with E-state index in [4.69, 9.17) is 34.8 Å². The highest BCUT2D eigenvalue weighted by Crippen LogP contribution is 2.28. The van der Waals surface area contributed by atoms with Gasteiger partial charge in [0.1, 0.15) is 0 Å². The van der Waals surface area contributed by atoms with E-state index in [1.165, 1.54) is 5.01 Å². The zero-order chi connectivity index (χ0) is 18.0. The van der Waals surface area contributed by atoms with E-state index in [0.29, 0.717) is 41.6 Å². The average molecular weight is 381 g/mol. The minimum absolute atomic E-state index is 0.213. The van der Waals surface area contributed by atoms with Gasteiger partial charge in [-0.05, 0) is 12.1 Å². The molecule has 7 nitrogen and oxygen atoms in total. The predicted octanol–water partition coefficient (Wildman–Crippen LogP) is 1.66. The summed E-state index contributed by atoms with van der Waals surface area (Å²) in [6.07, 6.45) is 3.97. The van der Waals surface area contributed by atoms with E-state index in [2.05, 4.69) is 10.3 Å². The van der Waals surface area contributed by atoms with Crippen LogP contribution in [0.3, 0.4) is 0 Å². The molecular formula is C16H18Cl2N6O. The lowest BCUT2D eigenvalue weighted by molar-refractivity contribution is 0.0756. The highest BCUT2D eigenvalue weighted by Gasteiger charge is 2.27. The van der Waals surface area contributed by atoms with E-state index in [-0.39, 0.29) is 17.5 Å². The molecule has 0 bridgehead atoms. The van der Waals surface area contributed by atoms with Gasteiger partial charge in [0.15, 0.2) is 5.82 Å². The van der Waals surface area contributed by atoms with Crippen molar-refractivity contribution in [2.45, 2.75) is 6.42 Å². The lowest BCUT2D eigenvalue weighted by Crippen LogP contribution is -2.44. The average Bonchev–Trinajstić information content (AvgIpc) is 2.63. The lowest BCUT2D eigenvalue weighted by Gasteiger charge is -2.33. The molecule has 2 aliphatic rings. The first-order valence-electron chi connectivity index (χ1n) is 7.70. The zero-order valence-electron chi connectivity index (χ0n) is 13.4. The number of benzene rings is 1. The molecule has 0 aromatic heterocycles. The maximum absolute atomic E-state index is 12.7. The molecule has 3 rings (SSSR count). The Morgan fingerprint density at radius 3 is 2.84 bits per heavy atom. The number of rotatable bonds is 3. The van der Waals surface area contributed by atoms with Gasteiger partial charge in [-0.15, -0.1) is 0 Å². The van der Waals surface area contributed by atoms with Crippen molar-refractivity contribution in [2.75, 3.05) is 19.6 Å². The quantitative estimate of drug-likeness (QED) is 0.546. The van der Waals surface area contributed by atoms with Crippen molar-refractivity contribution in [2.24, 2.45) is 16.6 Å². The molecule has 0 radical (unpaired) electrons. The topological polar surface area (TPSA) is 100.0 Å². The summed E-state index contributed by atoms with van der Waals surface area (Å²) in [4.78, 5) is 18.6. The van der Waals surface area contributed by atoms with Crippen LogP contribution in [0.5, 0.6) is 0 Å². The number of aliphatic imine (C=N–C) groups is 1. The fraction of sp³-hybridized carbons (Fsp3) is 0.250. The molecule has 2 heterocycles. The largest absolute Gasteiger partial charge is 0.399 e. The third kappa shape index (κ3) is 3.58. The molecule has 0 aliphatic carbocycles. The number of hydrogen-bond donors (Lipinski definition) is 3. The van der Waals surface area contributed by atoms with E-state index in [1.54, 1.807) is 35.5 Å². The van der Waals surface area contributed by atoms with Gasteiger partial charge in [-0.2, -0.15) is 0 Å². The zero-order valence-corrected chi connectivity index (χ0v) is 14.9. The number of hydrazine groups is 1. The number of nitrogens with zero attached hydrogens (tertiary/aromatic N) is 3. The Kier molecular flexibility index (Phi) is 5.17. The molecule has 0 saturated heterocycles. The van der Waals surface area contributed by atoms with Crippen LogP contribution in [0.1, 0.15) is 16.8 Å². The molecule has 9 heteroatoms. The van der Waals surface area contributed by atoms with E-state index in [9.17, 15) is 4.79 Å². The highest BCUT2D eigenvalue weighted by atomic mass is 35.5. The maximum atomic E-state index is 12.7. The van der Waals surface area contributed by atoms with Gasteiger partial charge in [0.25, 0.3) is 5.91 Å². The molecule has 132 valence electrons. The van der Waals surface area contributed by atoms with Gasteiger partial charge in [0.2, 0.25) is 0 Å². The van der Waals surface area contributed by atoms with Crippen LogP contribution in [0.2, 0.25) is 10.0 Å². The molecule has 1 aromatic carbocycles. The molecule has 2 aliphatic heterocycles. The first-order chi connectivity index (χ1) is 12.0. The summed E-state index contributed by atoms with van der Waals surface area (Å²) >= 11 is 12.1. The molecule has 5 N–H and O–H groups in total. The molecular weight excluding hydrogens is 363 g/mol. The third-order valence-electron chi connectivity index (χ3n) is 4.02. The van der Waals surface area contributed by atoms with Crippen molar-refractivity contribution in [3.05, 3.63) is 57.2 Å². The highest BCUT2D eigenvalue weighted by molar-refractivity contribution is 6.43. The van der Waals surface area contributed by atoms with Crippen LogP contribution in [0.15, 0.2) is 46.6 Å². The summed E-state index contributed by atoms with van der Waals surface area (Å²) in [7, 11) is 0. The Bertz CT molecular complexity index is 789. The minimum atomic E-state index is -0.213. The second kappa shape index (κ2) is 7.35. The SMILES string of the molecule is NC1=C(N(N)C2=CNCC=N2)CCN(C(=O)c2cccc(Cl)c2Cl)C1. The number of amides is 1. The lowest BCUT2D eigenvalue weighted by atomic mass is 10.1. The summed E-state index contributed by atoms with van der Waals surface area (Å²) < 4.78 is 0. The molecule has 0 saturated carbocycles. The summed E-state index contributed by atoms with van der Waals surface area (Å²) in [5.41, 5.74) is 7.79. The van der Waals surface area contributed by atoms with Gasteiger partial charge >= 0.3 is 0 Å². The fourth-order valence-corrected chi connectivity index (χ4v) is 3.10. The molecule has 1 amide bonds. The smallest absolute Gasteiger partial charge is 0.255 e. The van der Waals surface area contributed by atoms with Gasteiger partial charge in [0.05, 0.1) is 27.9 Å². The molecule has 0 spiro atoms. The summed E-state index contributed by atoms with van der Waals surface area (Å²) in [6.45, 7) is 1.39. The Balaban J connectivity index is 1.77. The monoisotopic (exact) mass is 380 g/mol. The minimum Gasteiger partial charge on any atom is -0.399 e. The van der Waals surface area contributed by atoms with Crippen LogP contribution in [0.4, 0.5) is 0 Å². The Hall–Kier alpha value is -2.22. The Morgan fingerprint density at radius 1 is 1.36 bits per heavy atom. The maximum Gasteiger partial charge on any atom is 0.255 e. The van der Waals surface area contributed by atoms with E-state index < -0.39 is 0 Å². The first-order valence-corrected chi connectivity index (χ1v) is 8.46. The van der Waals surface area contributed by atoms with Crippen molar-refractivity contribution >= 4 is 35.3 Å². The number of hydrogen-bond acceptors (Lipinski definition) is 6. The van der Waals surface area contributed by atoms with Crippen LogP contribution in [-0.4, -0.2) is 41.7 Å². The van der Waals surface area contributed by atoms with Crippen LogP contribution >= 0.6 is 23.2 Å². The van der Waals surface area contributed by atoms with Gasteiger partial charge < -0.3 is 16.0 Å². The van der Waals surface area contributed by atoms with Gasteiger partial charge in [-0.25, -0.2) is 10.8 Å². The Morgan fingerprint density at radius 2 is 2.16 bits per heavy atom. The van der Waals surface area contributed by atoms with Gasteiger partial charge in [-0.3, -0.25) is 9.80 Å². The van der Waals surface area contributed by atoms with Crippen LogP contribution < -0.4 is 16.9 Å². The fourth-order valence-electron chi connectivity index (χ4n) is 2.71. The number of carbonyl (C=O) groups excluding carboxylic acids is 1. The van der Waals surface area contributed by atoms with Crippen molar-refractivity contribution < 1.29 is 4.79 Å². The van der Waals surface area contributed by atoms with E-state index in [0.717, 1.165) is 5.70 Å². The van der Waals surface area contributed by atoms with Gasteiger partial charge in [0, 0.05) is 37.6 Å². The first kappa shape index (κ1) is 17.6. The number of nitrogens with two attached hydrogens (primary N) is 2. The number of nitrogens with one attached hydrogen (secondary N) is 1. The van der Waals surface area contributed by atoms with Gasteiger partial charge in [-0.1, -0.05) is 29.3 Å². The summed E-state index contributed by atoms with van der Waals surface area (Å²) in [5.74, 6) is 6.48. The summed E-state index contributed by atoms with van der Waals surface area (Å²) in [5, 5.41) is 5.08.